The van der Waals surface area contributed by atoms with Crippen LogP contribution in [0.5, 0.6) is 5.75 Å². The van der Waals surface area contributed by atoms with E-state index in [-0.39, 0.29) is 23.9 Å². The van der Waals surface area contributed by atoms with E-state index in [9.17, 15) is 14.4 Å². The molecule has 0 radical (unpaired) electrons. The van der Waals surface area contributed by atoms with Gasteiger partial charge in [0.25, 0.3) is 5.91 Å². The normalized spacial score (nSPS) is 14.2. The van der Waals surface area contributed by atoms with Crippen LogP contribution in [0.4, 0.5) is 16.2 Å². The number of ether oxygens (including phenoxy) is 1. The number of urea groups is 1. The molecule has 1 fully saturated rings. The van der Waals surface area contributed by atoms with Gasteiger partial charge in [-0.3, -0.25) is 14.6 Å². The minimum absolute atomic E-state index is 0.123. The lowest BCUT2D eigenvalue weighted by molar-refractivity contribution is -0.127. The molecule has 0 bridgehead atoms. The van der Waals surface area contributed by atoms with E-state index in [1.165, 1.54) is 13.3 Å². The molecule has 1 atom stereocenters. The van der Waals surface area contributed by atoms with Crippen molar-refractivity contribution in [2.75, 3.05) is 30.8 Å². The molecule has 1 saturated heterocycles. The third-order valence-corrected chi connectivity index (χ3v) is 4.67. The fourth-order valence-electron chi connectivity index (χ4n) is 3.23. The van der Waals surface area contributed by atoms with Crippen LogP contribution in [0.1, 0.15) is 30.1 Å². The van der Waals surface area contributed by atoms with Crippen molar-refractivity contribution in [2.24, 2.45) is 0 Å². The van der Waals surface area contributed by atoms with Crippen LogP contribution in [0, 0.1) is 0 Å². The Labute approximate surface area is 174 Å². The van der Waals surface area contributed by atoms with Gasteiger partial charge in [0.05, 0.1) is 18.4 Å². The molecule has 30 heavy (non-hydrogen) atoms. The molecular formula is C21H25N5O4. The van der Waals surface area contributed by atoms with Crippen LogP contribution in [0.3, 0.4) is 0 Å². The molecule has 4 amide bonds. The first kappa shape index (κ1) is 21.1. The number of carbonyl (C=O) groups excluding carboxylic acids is 3. The number of methoxy groups -OCH3 is 1. The molecule has 1 aromatic carbocycles. The average Bonchev–Trinajstić information content (AvgIpc) is 3.13. The predicted molar refractivity (Wildman–Crippen MR) is 113 cm³/mol. The zero-order chi connectivity index (χ0) is 21.5. The van der Waals surface area contributed by atoms with E-state index in [4.69, 9.17) is 4.74 Å². The van der Waals surface area contributed by atoms with E-state index in [1.54, 1.807) is 41.4 Å². The highest BCUT2D eigenvalue weighted by Crippen LogP contribution is 2.28. The number of pyridine rings is 1. The number of amides is 4. The van der Waals surface area contributed by atoms with Crippen molar-refractivity contribution >= 4 is 29.2 Å². The van der Waals surface area contributed by atoms with Gasteiger partial charge in [0, 0.05) is 49.7 Å². The summed E-state index contributed by atoms with van der Waals surface area (Å²) in [5, 5.41) is 8.33. The number of benzene rings is 1. The topological polar surface area (TPSA) is 113 Å². The van der Waals surface area contributed by atoms with Gasteiger partial charge in [-0.25, -0.2) is 4.79 Å². The van der Waals surface area contributed by atoms with Gasteiger partial charge >= 0.3 is 6.03 Å². The van der Waals surface area contributed by atoms with Crippen LogP contribution in [0.15, 0.2) is 42.7 Å². The highest BCUT2D eigenvalue weighted by atomic mass is 16.5. The molecule has 9 heteroatoms. The molecule has 0 spiro atoms. The SMILES string of the molecule is COc1cc(NC(=O)N[C@@H](C)CN2CCCC2=O)ccc1NC(=O)c1cccnc1. The number of likely N-dealkylation sites (tertiary alicyclic amines) is 1. The Balaban J connectivity index is 1.58. The quantitative estimate of drug-likeness (QED) is 0.648. The van der Waals surface area contributed by atoms with Crippen LogP contribution in [0.25, 0.3) is 0 Å². The van der Waals surface area contributed by atoms with Crippen molar-refractivity contribution in [1.82, 2.24) is 15.2 Å². The third-order valence-electron chi connectivity index (χ3n) is 4.67. The van der Waals surface area contributed by atoms with Crippen molar-refractivity contribution in [3.05, 3.63) is 48.3 Å². The van der Waals surface area contributed by atoms with E-state index in [1.807, 2.05) is 6.92 Å². The maximum absolute atomic E-state index is 12.3. The van der Waals surface area contributed by atoms with E-state index in [0.717, 1.165) is 13.0 Å². The fourth-order valence-corrected chi connectivity index (χ4v) is 3.23. The fraction of sp³-hybridized carbons (Fsp3) is 0.333. The Morgan fingerprint density at radius 2 is 2.10 bits per heavy atom. The molecule has 158 valence electrons. The van der Waals surface area contributed by atoms with Crippen LogP contribution in [-0.2, 0) is 4.79 Å². The number of anilines is 2. The number of hydrogen-bond donors (Lipinski definition) is 3. The Morgan fingerprint density at radius 1 is 1.27 bits per heavy atom. The first-order valence-corrected chi connectivity index (χ1v) is 9.71. The number of nitrogens with zero attached hydrogens (tertiary/aromatic N) is 2. The second kappa shape index (κ2) is 9.73. The molecule has 3 N–H and O–H groups in total. The second-order valence-electron chi connectivity index (χ2n) is 7.05. The Bertz CT molecular complexity index is 919. The van der Waals surface area contributed by atoms with Gasteiger partial charge in [-0.15, -0.1) is 0 Å². The van der Waals surface area contributed by atoms with E-state index < -0.39 is 0 Å². The van der Waals surface area contributed by atoms with Crippen molar-refractivity contribution in [3.63, 3.8) is 0 Å². The summed E-state index contributed by atoms with van der Waals surface area (Å²) in [7, 11) is 1.48. The van der Waals surface area contributed by atoms with Crippen molar-refractivity contribution < 1.29 is 19.1 Å². The smallest absolute Gasteiger partial charge is 0.319 e. The first-order valence-electron chi connectivity index (χ1n) is 9.71. The van der Waals surface area contributed by atoms with Crippen LogP contribution < -0.4 is 20.7 Å². The lowest BCUT2D eigenvalue weighted by Crippen LogP contribution is -2.44. The van der Waals surface area contributed by atoms with Gasteiger partial charge in [0.1, 0.15) is 5.75 Å². The predicted octanol–water partition coefficient (Wildman–Crippen LogP) is 2.47. The Kier molecular flexibility index (Phi) is 6.84. The Hall–Kier alpha value is -3.62. The summed E-state index contributed by atoms with van der Waals surface area (Å²) in [6.07, 6.45) is 4.50. The molecule has 2 aromatic rings. The minimum Gasteiger partial charge on any atom is -0.494 e. The number of rotatable bonds is 7. The number of hydrogen-bond acceptors (Lipinski definition) is 5. The zero-order valence-electron chi connectivity index (χ0n) is 17.0. The van der Waals surface area contributed by atoms with Crippen LogP contribution in [-0.4, -0.2) is 54.0 Å². The maximum atomic E-state index is 12.3. The highest BCUT2D eigenvalue weighted by molar-refractivity contribution is 6.05. The lowest BCUT2D eigenvalue weighted by Gasteiger charge is -2.22. The second-order valence-corrected chi connectivity index (χ2v) is 7.05. The van der Waals surface area contributed by atoms with Gasteiger partial charge < -0.3 is 25.6 Å². The lowest BCUT2D eigenvalue weighted by atomic mass is 10.2. The third kappa shape index (κ3) is 5.47. The van der Waals surface area contributed by atoms with E-state index >= 15 is 0 Å². The van der Waals surface area contributed by atoms with E-state index in [2.05, 4.69) is 20.9 Å². The maximum Gasteiger partial charge on any atom is 0.319 e. The van der Waals surface area contributed by atoms with Gasteiger partial charge in [-0.2, -0.15) is 0 Å². The van der Waals surface area contributed by atoms with Crippen molar-refractivity contribution in [1.29, 1.82) is 0 Å². The summed E-state index contributed by atoms with van der Waals surface area (Å²) < 4.78 is 5.34. The summed E-state index contributed by atoms with van der Waals surface area (Å²) in [5.74, 6) is 0.212. The van der Waals surface area contributed by atoms with Crippen molar-refractivity contribution in [3.8, 4) is 5.75 Å². The van der Waals surface area contributed by atoms with Gasteiger partial charge in [0.2, 0.25) is 5.91 Å². The molecule has 1 aliphatic rings. The monoisotopic (exact) mass is 411 g/mol. The number of carbonyl (C=O) groups is 3. The van der Waals surface area contributed by atoms with Gasteiger partial charge in [0.15, 0.2) is 0 Å². The summed E-state index contributed by atoms with van der Waals surface area (Å²) in [4.78, 5) is 42.0. The molecule has 2 heterocycles. The molecule has 0 saturated carbocycles. The minimum atomic E-state index is -0.386. The molecule has 0 unspecified atom stereocenters. The number of aromatic nitrogens is 1. The van der Waals surface area contributed by atoms with Gasteiger partial charge in [-0.1, -0.05) is 0 Å². The summed E-state index contributed by atoms with van der Waals surface area (Å²) in [6, 6.07) is 7.69. The summed E-state index contributed by atoms with van der Waals surface area (Å²) in [6.45, 7) is 3.06. The molecule has 1 aromatic heterocycles. The molecule has 1 aliphatic heterocycles. The zero-order valence-corrected chi connectivity index (χ0v) is 17.0. The average molecular weight is 411 g/mol. The molecule has 9 nitrogen and oxygen atoms in total. The standard InChI is InChI=1S/C21H25N5O4/c1-14(13-26-10-4-6-19(26)27)23-21(29)24-16-7-8-17(18(11-16)30-2)25-20(28)15-5-3-9-22-12-15/h3,5,7-9,11-12,14H,4,6,10,13H2,1-2H3,(H,25,28)(H2,23,24,29)/t14-/m0/s1. The Morgan fingerprint density at radius 3 is 2.77 bits per heavy atom. The summed E-state index contributed by atoms with van der Waals surface area (Å²) >= 11 is 0. The van der Waals surface area contributed by atoms with Crippen molar-refractivity contribution in [2.45, 2.75) is 25.8 Å². The van der Waals surface area contributed by atoms with Crippen LogP contribution >= 0.6 is 0 Å². The molecule has 3 rings (SSSR count). The van der Waals surface area contributed by atoms with Gasteiger partial charge in [-0.05, 0) is 37.6 Å². The number of nitrogens with one attached hydrogen (secondary N) is 3. The summed E-state index contributed by atoms with van der Waals surface area (Å²) in [5.41, 5.74) is 1.40. The highest BCUT2D eigenvalue weighted by Gasteiger charge is 2.22. The van der Waals surface area contributed by atoms with Crippen LogP contribution in [0.2, 0.25) is 0 Å². The largest absolute Gasteiger partial charge is 0.494 e. The molecule has 0 aliphatic carbocycles. The van der Waals surface area contributed by atoms with E-state index in [0.29, 0.717) is 35.7 Å². The molecular weight excluding hydrogens is 386 g/mol. The first-order chi connectivity index (χ1) is 14.5.